The molecule has 0 unspecified atom stereocenters. The topological polar surface area (TPSA) is 76.0 Å². The normalized spacial score (nSPS) is 15.5. The second-order valence-electron chi connectivity index (χ2n) is 3.20. The number of nitrogens with two attached hydrogens (primary N) is 1. The first-order valence-corrected chi connectivity index (χ1v) is 4.22. The van der Waals surface area contributed by atoms with Gasteiger partial charge in [-0.3, -0.25) is 9.59 Å². The van der Waals surface area contributed by atoms with Crippen LogP contribution in [0.2, 0.25) is 0 Å². The maximum absolute atomic E-state index is 11.4. The molecule has 2 rings (SSSR count). The van der Waals surface area contributed by atoms with Gasteiger partial charge in [0.2, 0.25) is 0 Å². The summed E-state index contributed by atoms with van der Waals surface area (Å²) in [6.07, 6.45) is 2.83. The number of ketones is 1. The molecule has 0 bridgehead atoms. The monoisotopic (exact) mass is 178 g/mol. The van der Waals surface area contributed by atoms with Crippen LogP contribution in [0.5, 0.6) is 0 Å². The molecule has 1 heterocycles. The minimum Gasteiger partial charge on any atom is -0.385 e. The van der Waals surface area contributed by atoms with E-state index in [1.165, 1.54) is 0 Å². The predicted molar refractivity (Wildman–Crippen MR) is 47.9 cm³/mol. The zero-order valence-electron chi connectivity index (χ0n) is 7.09. The summed E-state index contributed by atoms with van der Waals surface area (Å²) in [5, 5.41) is 0. The van der Waals surface area contributed by atoms with E-state index in [1.807, 2.05) is 0 Å². The highest BCUT2D eigenvalue weighted by atomic mass is 16.1. The Morgan fingerprint density at radius 2 is 2.15 bits per heavy atom. The third-order valence-electron chi connectivity index (χ3n) is 2.40. The molecule has 1 aliphatic carbocycles. The van der Waals surface area contributed by atoms with Crippen molar-refractivity contribution < 1.29 is 9.59 Å². The highest BCUT2D eigenvalue weighted by Gasteiger charge is 2.23. The lowest BCUT2D eigenvalue weighted by atomic mass is 9.94. The van der Waals surface area contributed by atoms with E-state index in [-0.39, 0.29) is 5.78 Å². The van der Waals surface area contributed by atoms with E-state index in [1.54, 1.807) is 0 Å². The molecule has 0 spiro atoms. The smallest absolute Gasteiger partial charge is 0.179 e. The van der Waals surface area contributed by atoms with Crippen LogP contribution in [0.15, 0.2) is 0 Å². The number of hydrogen-bond acceptors (Lipinski definition) is 3. The van der Waals surface area contributed by atoms with E-state index >= 15 is 0 Å². The van der Waals surface area contributed by atoms with Gasteiger partial charge in [0, 0.05) is 6.42 Å². The molecule has 68 valence electrons. The van der Waals surface area contributed by atoms with Crippen molar-refractivity contribution in [2.75, 3.05) is 5.73 Å². The van der Waals surface area contributed by atoms with Gasteiger partial charge in [0.1, 0.15) is 5.82 Å². The number of nitrogens with one attached hydrogen (secondary N) is 1. The molecule has 1 aromatic rings. The number of rotatable bonds is 1. The Bertz CT molecular complexity index is 379. The number of aldehydes is 1. The van der Waals surface area contributed by atoms with Crippen LogP contribution < -0.4 is 5.73 Å². The molecule has 1 aromatic heterocycles. The molecule has 13 heavy (non-hydrogen) atoms. The fourth-order valence-corrected chi connectivity index (χ4v) is 1.76. The highest BCUT2D eigenvalue weighted by molar-refractivity contribution is 6.01. The fourth-order valence-electron chi connectivity index (χ4n) is 1.76. The molecule has 4 nitrogen and oxygen atoms in total. The zero-order chi connectivity index (χ0) is 9.42. The van der Waals surface area contributed by atoms with Crippen LogP contribution in [-0.2, 0) is 6.42 Å². The van der Waals surface area contributed by atoms with Crippen LogP contribution in [-0.4, -0.2) is 17.1 Å². The molecule has 0 radical (unpaired) electrons. The largest absolute Gasteiger partial charge is 0.385 e. The summed E-state index contributed by atoms with van der Waals surface area (Å²) in [5.41, 5.74) is 7.34. The number of aromatic nitrogens is 1. The molecule has 0 saturated carbocycles. The van der Waals surface area contributed by atoms with Crippen molar-refractivity contribution in [3.8, 4) is 0 Å². The standard InChI is InChI=1S/C9H10N2O2/c10-9-6(4-12)5-2-1-3-7(13)8(5)11-9/h4,11H,1-3,10H2. The summed E-state index contributed by atoms with van der Waals surface area (Å²) in [7, 11) is 0. The quantitative estimate of drug-likeness (QED) is 0.628. The molecule has 0 aliphatic heterocycles. The molecule has 4 heteroatoms. The van der Waals surface area contributed by atoms with Crippen molar-refractivity contribution in [3.63, 3.8) is 0 Å². The second kappa shape index (κ2) is 2.73. The maximum Gasteiger partial charge on any atom is 0.179 e. The molecule has 0 amide bonds. The third-order valence-corrected chi connectivity index (χ3v) is 2.40. The number of hydrogen-bond donors (Lipinski definition) is 2. The average molecular weight is 178 g/mol. The second-order valence-corrected chi connectivity index (χ2v) is 3.20. The summed E-state index contributed by atoms with van der Waals surface area (Å²) < 4.78 is 0. The highest BCUT2D eigenvalue weighted by Crippen LogP contribution is 2.26. The van der Waals surface area contributed by atoms with E-state index in [9.17, 15) is 9.59 Å². The summed E-state index contributed by atoms with van der Waals surface area (Å²) in [6.45, 7) is 0. The van der Waals surface area contributed by atoms with E-state index in [0.717, 1.165) is 18.4 Å². The van der Waals surface area contributed by atoms with Crippen LogP contribution in [0.4, 0.5) is 5.82 Å². The van der Waals surface area contributed by atoms with Gasteiger partial charge in [-0.25, -0.2) is 0 Å². The molecule has 0 fully saturated rings. The molecule has 0 aromatic carbocycles. The number of aromatic amines is 1. The number of fused-ring (bicyclic) bond motifs is 1. The Kier molecular flexibility index (Phi) is 1.69. The minimum absolute atomic E-state index is 0.0565. The van der Waals surface area contributed by atoms with Crippen molar-refractivity contribution in [1.82, 2.24) is 4.98 Å². The minimum atomic E-state index is 0.0565. The summed E-state index contributed by atoms with van der Waals surface area (Å²) in [6, 6.07) is 0. The lowest BCUT2D eigenvalue weighted by molar-refractivity contribution is 0.0968. The van der Waals surface area contributed by atoms with Gasteiger partial charge in [0.25, 0.3) is 0 Å². The van der Waals surface area contributed by atoms with Gasteiger partial charge in [0.05, 0.1) is 11.3 Å². The number of nitrogen functional groups attached to an aromatic ring is 1. The molecular formula is C9H10N2O2. The first kappa shape index (κ1) is 8.04. The van der Waals surface area contributed by atoms with Gasteiger partial charge in [-0.05, 0) is 18.4 Å². The Morgan fingerprint density at radius 3 is 2.85 bits per heavy atom. The van der Waals surface area contributed by atoms with E-state index < -0.39 is 0 Å². The molecule has 3 N–H and O–H groups in total. The van der Waals surface area contributed by atoms with Gasteiger partial charge in [0.15, 0.2) is 12.1 Å². The van der Waals surface area contributed by atoms with Gasteiger partial charge in [-0.15, -0.1) is 0 Å². The van der Waals surface area contributed by atoms with Gasteiger partial charge in [-0.2, -0.15) is 0 Å². The Balaban J connectivity index is 2.62. The number of H-pyrrole nitrogens is 1. The van der Waals surface area contributed by atoms with E-state index in [0.29, 0.717) is 29.8 Å². The fraction of sp³-hybridized carbons (Fsp3) is 0.333. The molecule has 0 atom stereocenters. The molecule has 1 aliphatic rings. The van der Waals surface area contributed by atoms with Crippen LogP contribution in [0.3, 0.4) is 0 Å². The first-order chi connectivity index (χ1) is 6.24. The van der Waals surface area contributed by atoms with E-state index in [2.05, 4.69) is 4.98 Å². The van der Waals surface area contributed by atoms with Crippen LogP contribution in [0.1, 0.15) is 39.3 Å². The van der Waals surface area contributed by atoms with Crippen molar-refractivity contribution in [3.05, 3.63) is 16.8 Å². The molecule has 0 saturated heterocycles. The van der Waals surface area contributed by atoms with Crippen molar-refractivity contribution in [1.29, 1.82) is 0 Å². The number of carbonyl (C=O) groups is 2. The lowest BCUT2D eigenvalue weighted by Gasteiger charge is -2.09. The SMILES string of the molecule is Nc1[nH]c2c(c1C=O)CCCC2=O. The van der Waals surface area contributed by atoms with E-state index in [4.69, 9.17) is 5.73 Å². The number of Topliss-reactive ketones (excluding diaryl/α,β-unsaturated/α-hetero) is 1. The first-order valence-electron chi connectivity index (χ1n) is 4.22. The van der Waals surface area contributed by atoms with Crippen molar-refractivity contribution in [2.45, 2.75) is 19.3 Å². The predicted octanol–water partition coefficient (Wildman–Crippen LogP) is 0.928. The van der Waals surface area contributed by atoms with Crippen molar-refractivity contribution in [2.24, 2.45) is 0 Å². The van der Waals surface area contributed by atoms with Crippen LogP contribution in [0.25, 0.3) is 0 Å². The Labute approximate surface area is 75.1 Å². The Morgan fingerprint density at radius 1 is 1.38 bits per heavy atom. The summed E-state index contributed by atoms with van der Waals surface area (Å²) in [5.74, 6) is 0.372. The van der Waals surface area contributed by atoms with Crippen LogP contribution in [0, 0.1) is 0 Å². The average Bonchev–Trinajstić information content (AvgIpc) is 2.43. The summed E-state index contributed by atoms with van der Waals surface area (Å²) >= 11 is 0. The van der Waals surface area contributed by atoms with Gasteiger partial charge < -0.3 is 10.7 Å². The van der Waals surface area contributed by atoms with Gasteiger partial charge in [-0.1, -0.05) is 0 Å². The summed E-state index contributed by atoms with van der Waals surface area (Å²) in [4.78, 5) is 24.8. The molecular weight excluding hydrogens is 168 g/mol. The maximum atomic E-state index is 11.4. The van der Waals surface area contributed by atoms with Crippen molar-refractivity contribution >= 4 is 17.9 Å². The van der Waals surface area contributed by atoms with Gasteiger partial charge >= 0.3 is 0 Å². The number of carbonyl (C=O) groups excluding carboxylic acids is 2. The third kappa shape index (κ3) is 1.06. The Hall–Kier alpha value is -1.58. The zero-order valence-corrected chi connectivity index (χ0v) is 7.09. The lowest BCUT2D eigenvalue weighted by Crippen LogP contribution is -2.10. The number of anilines is 1. The van der Waals surface area contributed by atoms with Crippen LogP contribution >= 0.6 is 0 Å².